The van der Waals surface area contributed by atoms with Gasteiger partial charge in [0, 0.05) is 18.7 Å². The van der Waals surface area contributed by atoms with Gasteiger partial charge in [-0.1, -0.05) is 32.0 Å². The molecule has 1 aliphatic heterocycles. The van der Waals surface area contributed by atoms with Crippen LogP contribution in [0.2, 0.25) is 0 Å². The van der Waals surface area contributed by atoms with E-state index in [9.17, 15) is 23.1 Å². The molecule has 1 atom stereocenters. The number of hydrogen-bond acceptors (Lipinski definition) is 7. The van der Waals surface area contributed by atoms with Gasteiger partial charge < -0.3 is 19.8 Å². The number of hydrogen-bond donors (Lipinski definition) is 3. The summed E-state index contributed by atoms with van der Waals surface area (Å²) in [7, 11) is -3.03. The first-order chi connectivity index (χ1) is 17.0. The molecule has 2 heterocycles. The number of carboxylic acid groups (broad SMARTS) is 1. The highest BCUT2D eigenvalue weighted by atomic mass is 32.2. The Morgan fingerprint density at radius 1 is 1.19 bits per heavy atom. The topological polar surface area (TPSA) is 142 Å². The summed E-state index contributed by atoms with van der Waals surface area (Å²) in [5.74, 6) is 0.296. The molecule has 1 fully saturated rings. The summed E-state index contributed by atoms with van der Waals surface area (Å²) in [5.41, 5.74) is 2.11. The van der Waals surface area contributed by atoms with Crippen molar-refractivity contribution in [3.63, 3.8) is 0 Å². The molecule has 0 saturated carbocycles. The van der Waals surface area contributed by atoms with Crippen LogP contribution >= 0.6 is 0 Å². The van der Waals surface area contributed by atoms with Crippen LogP contribution in [0, 0.1) is 12.8 Å². The predicted molar refractivity (Wildman–Crippen MR) is 139 cm³/mol. The van der Waals surface area contributed by atoms with Crippen LogP contribution in [0.15, 0.2) is 28.8 Å². The fraction of sp³-hybridized carbons (Fsp3) is 0.560. The molecular weight excluding hydrogens is 484 g/mol. The standard InChI is InChI=1S/C25H36N4O6S/c1-5-18(14-24(30)31)19-6-7-22(21(13-19)26-25(32)27-23-12-17(4)35-28-23)29(15-16(2)3)20-8-10-36(33,34)11-9-20/h6-7,12-13,16,18,20H,5,8-11,14-15H2,1-4H3,(H,30,31)(H2,26,27,28,32)/t18-/m1/s1. The van der Waals surface area contributed by atoms with Crippen LogP contribution < -0.4 is 15.5 Å². The lowest BCUT2D eigenvalue weighted by atomic mass is 9.92. The van der Waals surface area contributed by atoms with Gasteiger partial charge in [-0.05, 0) is 55.7 Å². The predicted octanol–water partition coefficient (Wildman–Crippen LogP) is 4.63. The van der Waals surface area contributed by atoms with Gasteiger partial charge in [0.25, 0.3) is 0 Å². The summed E-state index contributed by atoms with van der Waals surface area (Å²) >= 11 is 0. The maximum absolute atomic E-state index is 12.9. The average Bonchev–Trinajstić information content (AvgIpc) is 3.20. The molecule has 3 rings (SSSR count). The Labute approximate surface area is 212 Å². The van der Waals surface area contributed by atoms with Gasteiger partial charge in [-0.15, -0.1) is 0 Å². The number of aryl methyl sites for hydroxylation is 1. The van der Waals surface area contributed by atoms with Gasteiger partial charge in [0.05, 0.1) is 29.3 Å². The number of urea groups is 1. The molecule has 10 nitrogen and oxygen atoms in total. The third-order valence-electron chi connectivity index (χ3n) is 6.36. The summed E-state index contributed by atoms with van der Waals surface area (Å²) in [6.07, 6.45) is 1.64. The molecule has 1 aliphatic rings. The fourth-order valence-electron chi connectivity index (χ4n) is 4.59. The molecule has 0 spiro atoms. The SMILES string of the molecule is CC[C@H](CC(=O)O)c1ccc(N(CC(C)C)C2CCS(=O)(=O)CC2)c(NC(=O)Nc2cc(C)on2)c1. The number of nitrogens with one attached hydrogen (secondary N) is 2. The number of anilines is 3. The number of aliphatic carboxylic acids is 1. The number of carbonyl (C=O) groups excluding carboxylic acids is 1. The lowest BCUT2D eigenvalue weighted by Crippen LogP contribution is -2.43. The largest absolute Gasteiger partial charge is 0.481 e. The summed E-state index contributed by atoms with van der Waals surface area (Å²) in [6, 6.07) is 6.73. The van der Waals surface area contributed by atoms with Gasteiger partial charge in [-0.25, -0.2) is 13.2 Å². The second kappa shape index (κ2) is 11.8. The Bertz CT molecular complexity index is 1160. The zero-order valence-corrected chi connectivity index (χ0v) is 22.1. The van der Waals surface area contributed by atoms with Crippen molar-refractivity contribution in [3.05, 3.63) is 35.6 Å². The van der Waals surface area contributed by atoms with Crippen molar-refractivity contribution in [3.8, 4) is 0 Å². The van der Waals surface area contributed by atoms with E-state index in [1.165, 1.54) is 0 Å². The van der Waals surface area contributed by atoms with Crippen LogP contribution in [0.25, 0.3) is 0 Å². The molecule has 2 aromatic rings. The van der Waals surface area contributed by atoms with E-state index < -0.39 is 21.8 Å². The first-order valence-corrected chi connectivity index (χ1v) is 14.1. The molecular formula is C25H36N4O6S. The van der Waals surface area contributed by atoms with Crippen LogP contribution in [0.3, 0.4) is 0 Å². The zero-order chi connectivity index (χ0) is 26.5. The number of benzene rings is 1. The van der Waals surface area contributed by atoms with E-state index >= 15 is 0 Å². The third-order valence-corrected chi connectivity index (χ3v) is 8.08. The van der Waals surface area contributed by atoms with Crippen molar-refractivity contribution in [2.75, 3.05) is 33.6 Å². The maximum atomic E-state index is 12.9. The van der Waals surface area contributed by atoms with Gasteiger partial charge in [-0.2, -0.15) is 0 Å². The second-order valence-corrected chi connectivity index (χ2v) is 12.1. The van der Waals surface area contributed by atoms with Gasteiger partial charge >= 0.3 is 12.0 Å². The average molecular weight is 521 g/mol. The molecule has 1 saturated heterocycles. The molecule has 36 heavy (non-hydrogen) atoms. The Morgan fingerprint density at radius 2 is 1.89 bits per heavy atom. The second-order valence-electron chi connectivity index (χ2n) is 9.81. The first-order valence-electron chi connectivity index (χ1n) is 12.3. The smallest absolute Gasteiger partial charge is 0.325 e. The monoisotopic (exact) mass is 520 g/mol. The number of carbonyl (C=O) groups is 2. The summed E-state index contributed by atoms with van der Waals surface area (Å²) in [4.78, 5) is 26.5. The maximum Gasteiger partial charge on any atom is 0.325 e. The third kappa shape index (κ3) is 7.46. The molecule has 0 aliphatic carbocycles. The fourth-order valence-corrected chi connectivity index (χ4v) is 6.06. The van der Waals surface area contributed by atoms with Crippen LogP contribution in [-0.4, -0.2) is 54.8 Å². The Morgan fingerprint density at radius 3 is 2.44 bits per heavy atom. The molecule has 3 N–H and O–H groups in total. The molecule has 0 unspecified atom stereocenters. The van der Waals surface area contributed by atoms with E-state index in [0.717, 1.165) is 11.3 Å². The summed E-state index contributed by atoms with van der Waals surface area (Å²) in [6.45, 7) is 8.51. The number of sulfone groups is 1. The number of rotatable bonds is 10. The summed E-state index contributed by atoms with van der Waals surface area (Å²) < 4.78 is 29.1. The van der Waals surface area contributed by atoms with Crippen molar-refractivity contribution in [2.24, 2.45) is 5.92 Å². The highest BCUT2D eigenvalue weighted by Gasteiger charge is 2.30. The van der Waals surface area contributed by atoms with E-state index in [0.29, 0.717) is 43.2 Å². The van der Waals surface area contributed by atoms with Crippen molar-refractivity contribution >= 4 is 39.0 Å². The number of carboxylic acids is 1. The minimum Gasteiger partial charge on any atom is -0.481 e. The van der Waals surface area contributed by atoms with Crippen molar-refractivity contribution < 1.29 is 27.6 Å². The van der Waals surface area contributed by atoms with E-state index in [2.05, 4.69) is 34.5 Å². The molecule has 1 aromatic heterocycles. The van der Waals surface area contributed by atoms with E-state index in [-0.39, 0.29) is 35.7 Å². The van der Waals surface area contributed by atoms with Crippen molar-refractivity contribution in [1.82, 2.24) is 5.16 Å². The molecule has 11 heteroatoms. The number of nitrogens with zero attached hydrogens (tertiary/aromatic N) is 2. The van der Waals surface area contributed by atoms with E-state index in [4.69, 9.17) is 4.52 Å². The van der Waals surface area contributed by atoms with Crippen molar-refractivity contribution in [1.29, 1.82) is 0 Å². The van der Waals surface area contributed by atoms with Crippen LogP contribution in [-0.2, 0) is 14.6 Å². The normalized spacial score (nSPS) is 16.5. The van der Waals surface area contributed by atoms with Gasteiger partial charge in [0.15, 0.2) is 5.82 Å². The minimum absolute atomic E-state index is 0.00423. The van der Waals surface area contributed by atoms with Gasteiger partial charge in [0.2, 0.25) is 0 Å². The quantitative estimate of drug-likeness (QED) is 0.411. The highest BCUT2D eigenvalue weighted by Crippen LogP contribution is 2.36. The van der Waals surface area contributed by atoms with E-state index in [1.807, 2.05) is 25.1 Å². The van der Waals surface area contributed by atoms with Crippen LogP contribution in [0.5, 0.6) is 0 Å². The highest BCUT2D eigenvalue weighted by molar-refractivity contribution is 7.91. The Kier molecular flexibility index (Phi) is 8.99. The Hall–Kier alpha value is -3.08. The minimum atomic E-state index is -3.03. The molecule has 0 radical (unpaired) electrons. The summed E-state index contributed by atoms with van der Waals surface area (Å²) in [5, 5.41) is 18.7. The van der Waals surface area contributed by atoms with Gasteiger partial charge in [-0.3, -0.25) is 10.1 Å². The molecule has 0 bridgehead atoms. The molecule has 198 valence electrons. The lowest BCUT2D eigenvalue weighted by Gasteiger charge is -2.38. The number of amides is 2. The van der Waals surface area contributed by atoms with Gasteiger partial charge in [0.1, 0.15) is 15.6 Å². The molecule has 1 aromatic carbocycles. The van der Waals surface area contributed by atoms with E-state index in [1.54, 1.807) is 13.0 Å². The molecule has 2 amide bonds. The first kappa shape index (κ1) is 27.5. The Balaban J connectivity index is 1.98. The lowest BCUT2D eigenvalue weighted by molar-refractivity contribution is -0.137. The zero-order valence-electron chi connectivity index (χ0n) is 21.3. The van der Waals surface area contributed by atoms with Crippen LogP contribution in [0.1, 0.15) is 63.7 Å². The number of aromatic nitrogens is 1. The van der Waals surface area contributed by atoms with Crippen molar-refractivity contribution in [2.45, 2.75) is 65.3 Å². The van der Waals surface area contributed by atoms with Crippen LogP contribution in [0.4, 0.5) is 22.0 Å².